The molecule has 1 aromatic carbocycles. The van der Waals surface area contributed by atoms with Crippen LogP contribution in [0.2, 0.25) is 5.02 Å². The van der Waals surface area contributed by atoms with E-state index in [1.807, 2.05) is 24.3 Å². The van der Waals surface area contributed by atoms with Crippen molar-refractivity contribution in [1.82, 2.24) is 4.90 Å². The van der Waals surface area contributed by atoms with Crippen molar-refractivity contribution >= 4 is 34.6 Å². The van der Waals surface area contributed by atoms with E-state index in [4.69, 9.17) is 23.8 Å². The highest BCUT2D eigenvalue weighted by atomic mass is 35.5. The molecule has 2 bridgehead atoms. The molecule has 2 atom stereocenters. The normalized spacial score (nSPS) is 30.3. The number of hydrogen-bond acceptors (Lipinski definition) is 1. The third-order valence-corrected chi connectivity index (χ3v) is 5.36. The summed E-state index contributed by atoms with van der Waals surface area (Å²) < 4.78 is 0. The smallest absolute Gasteiger partial charge is 0.173 e. The lowest BCUT2D eigenvalue weighted by Crippen LogP contribution is -2.39. The standard InChI is InChI=1S/C17H23ClN2S/c1-16(2)8-14-9-17(3,10-16)11-20(14)15(21)19-13-6-4-12(18)5-7-13/h4-7,14H,8-11H2,1-3H3,(H,19,21)/t14-,17+/m0/s1. The predicted molar refractivity (Wildman–Crippen MR) is 93.9 cm³/mol. The Morgan fingerprint density at radius 2 is 1.90 bits per heavy atom. The lowest BCUT2D eigenvalue weighted by atomic mass is 9.65. The molecule has 1 aliphatic carbocycles. The van der Waals surface area contributed by atoms with Crippen LogP contribution >= 0.6 is 23.8 Å². The molecule has 1 aromatic rings. The Morgan fingerprint density at radius 1 is 1.24 bits per heavy atom. The molecule has 1 saturated carbocycles. The molecule has 2 fully saturated rings. The minimum absolute atomic E-state index is 0.401. The van der Waals surface area contributed by atoms with Gasteiger partial charge < -0.3 is 10.2 Å². The van der Waals surface area contributed by atoms with Crippen LogP contribution in [-0.4, -0.2) is 22.6 Å². The summed E-state index contributed by atoms with van der Waals surface area (Å²) in [5, 5.41) is 4.97. The average Bonchev–Trinajstić information content (AvgIpc) is 2.61. The number of rotatable bonds is 1. The van der Waals surface area contributed by atoms with E-state index in [-0.39, 0.29) is 0 Å². The molecule has 0 radical (unpaired) electrons. The Hall–Kier alpha value is -0.800. The van der Waals surface area contributed by atoms with Gasteiger partial charge in [-0.1, -0.05) is 32.4 Å². The SMILES string of the molecule is CC1(C)C[C@H]2C[C@@](C)(CN2C(=S)Nc2ccc(Cl)cc2)C1. The second-order valence-corrected chi connectivity index (χ2v) is 8.60. The first-order valence-corrected chi connectivity index (χ1v) is 8.38. The second-order valence-electron chi connectivity index (χ2n) is 7.78. The maximum atomic E-state index is 5.93. The van der Waals surface area contributed by atoms with Crippen LogP contribution in [0.3, 0.4) is 0 Å². The van der Waals surface area contributed by atoms with Crippen molar-refractivity contribution in [2.24, 2.45) is 10.8 Å². The van der Waals surface area contributed by atoms with Crippen LogP contribution in [0.4, 0.5) is 5.69 Å². The number of nitrogens with one attached hydrogen (secondary N) is 1. The van der Waals surface area contributed by atoms with Crippen molar-refractivity contribution in [3.05, 3.63) is 29.3 Å². The van der Waals surface area contributed by atoms with Crippen molar-refractivity contribution in [2.45, 2.75) is 46.1 Å². The van der Waals surface area contributed by atoms with Crippen molar-refractivity contribution in [3.63, 3.8) is 0 Å². The van der Waals surface area contributed by atoms with Crippen LogP contribution < -0.4 is 5.32 Å². The van der Waals surface area contributed by atoms with E-state index in [0.717, 1.165) is 22.4 Å². The molecular formula is C17H23ClN2S. The third-order valence-electron chi connectivity index (χ3n) is 4.77. The van der Waals surface area contributed by atoms with Crippen LogP contribution in [0.5, 0.6) is 0 Å². The van der Waals surface area contributed by atoms with Crippen molar-refractivity contribution in [2.75, 3.05) is 11.9 Å². The topological polar surface area (TPSA) is 15.3 Å². The fourth-order valence-electron chi connectivity index (χ4n) is 4.43. The molecule has 0 unspecified atom stereocenters. The van der Waals surface area contributed by atoms with Crippen LogP contribution in [-0.2, 0) is 0 Å². The molecular weight excluding hydrogens is 300 g/mol. The Balaban J connectivity index is 1.73. The van der Waals surface area contributed by atoms with Gasteiger partial charge in [-0.05, 0) is 66.6 Å². The van der Waals surface area contributed by atoms with E-state index < -0.39 is 0 Å². The zero-order valence-corrected chi connectivity index (χ0v) is 14.5. The van der Waals surface area contributed by atoms with Gasteiger partial charge >= 0.3 is 0 Å². The van der Waals surface area contributed by atoms with Gasteiger partial charge in [0, 0.05) is 23.3 Å². The summed E-state index contributed by atoms with van der Waals surface area (Å²) in [6, 6.07) is 8.30. The largest absolute Gasteiger partial charge is 0.345 e. The number of nitrogens with zero attached hydrogens (tertiary/aromatic N) is 1. The minimum Gasteiger partial charge on any atom is -0.345 e. The van der Waals surface area contributed by atoms with E-state index in [0.29, 0.717) is 16.9 Å². The molecule has 1 heterocycles. The average molecular weight is 323 g/mol. The third kappa shape index (κ3) is 3.19. The predicted octanol–water partition coefficient (Wildman–Crippen LogP) is 4.94. The number of halogens is 1. The fourth-order valence-corrected chi connectivity index (χ4v) is 4.88. The summed E-state index contributed by atoms with van der Waals surface area (Å²) in [5.74, 6) is 0. The highest BCUT2D eigenvalue weighted by Crippen LogP contribution is 2.52. The number of anilines is 1. The fraction of sp³-hybridized carbons (Fsp3) is 0.588. The van der Waals surface area contributed by atoms with Gasteiger partial charge in [-0.15, -0.1) is 0 Å². The van der Waals surface area contributed by atoms with Crippen LogP contribution in [0.25, 0.3) is 0 Å². The summed E-state index contributed by atoms with van der Waals surface area (Å²) >= 11 is 11.6. The first-order valence-electron chi connectivity index (χ1n) is 7.60. The zero-order valence-electron chi connectivity index (χ0n) is 12.9. The minimum atomic E-state index is 0.401. The van der Waals surface area contributed by atoms with Crippen molar-refractivity contribution < 1.29 is 0 Å². The van der Waals surface area contributed by atoms with E-state index in [9.17, 15) is 0 Å². The molecule has 2 aliphatic rings. The molecule has 4 heteroatoms. The van der Waals surface area contributed by atoms with E-state index in [1.54, 1.807) is 0 Å². The number of hydrogen-bond donors (Lipinski definition) is 1. The van der Waals surface area contributed by atoms with Crippen LogP contribution in [0.1, 0.15) is 40.0 Å². The number of fused-ring (bicyclic) bond motifs is 2. The molecule has 1 N–H and O–H groups in total. The van der Waals surface area contributed by atoms with Gasteiger partial charge in [0.2, 0.25) is 0 Å². The Morgan fingerprint density at radius 3 is 2.57 bits per heavy atom. The summed E-state index contributed by atoms with van der Waals surface area (Å²) in [4.78, 5) is 2.40. The maximum absolute atomic E-state index is 5.93. The maximum Gasteiger partial charge on any atom is 0.173 e. The van der Waals surface area contributed by atoms with Crippen LogP contribution in [0.15, 0.2) is 24.3 Å². The van der Waals surface area contributed by atoms with E-state index in [1.165, 1.54) is 19.3 Å². The molecule has 1 saturated heterocycles. The monoisotopic (exact) mass is 322 g/mol. The van der Waals surface area contributed by atoms with Gasteiger partial charge in [0.1, 0.15) is 0 Å². The Labute approximate surface area is 137 Å². The Kier molecular flexibility index (Phi) is 3.69. The Bertz CT molecular complexity index is 554. The van der Waals surface area contributed by atoms with Gasteiger partial charge in [0.05, 0.1) is 0 Å². The van der Waals surface area contributed by atoms with Gasteiger partial charge in [-0.3, -0.25) is 0 Å². The first kappa shape index (κ1) is 15.1. The molecule has 0 amide bonds. The zero-order chi connectivity index (χ0) is 15.3. The lowest BCUT2D eigenvalue weighted by Gasteiger charge is -2.39. The first-order chi connectivity index (χ1) is 9.76. The van der Waals surface area contributed by atoms with Crippen molar-refractivity contribution in [1.29, 1.82) is 0 Å². The molecule has 114 valence electrons. The molecule has 21 heavy (non-hydrogen) atoms. The van der Waals surface area contributed by atoms with E-state index >= 15 is 0 Å². The molecule has 2 nitrogen and oxygen atoms in total. The second kappa shape index (κ2) is 5.13. The lowest BCUT2D eigenvalue weighted by molar-refractivity contribution is 0.132. The van der Waals surface area contributed by atoms with Gasteiger partial charge in [0.15, 0.2) is 5.11 Å². The van der Waals surface area contributed by atoms with E-state index in [2.05, 4.69) is 31.0 Å². The highest BCUT2D eigenvalue weighted by molar-refractivity contribution is 7.80. The molecule has 3 rings (SSSR count). The molecule has 1 aliphatic heterocycles. The summed E-state index contributed by atoms with van der Waals surface area (Å²) in [6.07, 6.45) is 3.78. The summed E-state index contributed by atoms with van der Waals surface area (Å²) in [6.45, 7) is 8.25. The highest BCUT2D eigenvalue weighted by Gasteiger charge is 2.50. The summed E-state index contributed by atoms with van der Waals surface area (Å²) in [5.41, 5.74) is 1.83. The quantitative estimate of drug-likeness (QED) is 0.737. The van der Waals surface area contributed by atoms with Crippen molar-refractivity contribution in [3.8, 4) is 0 Å². The number of thiocarbonyl (C=S) groups is 1. The molecule has 0 spiro atoms. The summed E-state index contributed by atoms with van der Waals surface area (Å²) in [7, 11) is 0. The van der Waals surface area contributed by atoms with Gasteiger partial charge in [-0.25, -0.2) is 0 Å². The number of benzene rings is 1. The van der Waals surface area contributed by atoms with Gasteiger partial charge in [0.25, 0.3) is 0 Å². The van der Waals surface area contributed by atoms with Crippen LogP contribution in [0, 0.1) is 10.8 Å². The van der Waals surface area contributed by atoms with Gasteiger partial charge in [-0.2, -0.15) is 0 Å². The molecule has 0 aromatic heterocycles. The number of likely N-dealkylation sites (tertiary alicyclic amines) is 1.